The Bertz CT molecular complexity index is 1180. The summed E-state index contributed by atoms with van der Waals surface area (Å²) in [6.07, 6.45) is 1.73. The normalized spacial score (nSPS) is 16.2. The van der Waals surface area contributed by atoms with Crippen molar-refractivity contribution in [2.45, 2.75) is 25.0 Å². The zero-order valence-electron chi connectivity index (χ0n) is 17.9. The number of benzene rings is 1. The van der Waals surface area contributed by atoms with Gasteiger partial charge in [0.25, 0.3) is 11.8 Å². The van der Waals surface area contributed by atoms with Crippen LogP contribution >= 0.6 is 34.5 Å². The summed E-state index contributed by atoms with van der Waals surface area (Å²) in [5, 5.41) is 5.22. The van der Waals surface area contributed by atoms with Gasteiger partial charge in [-0.15, -0.1) is 11.3 Å². The van der Waals surface area contributed by atoms with Gasteiger partial charge in [-0.2, -0.15) is 4.37 Å². The summed E-state index contributed by atoms with van der Waals surface area (Å²) >= 11 is 8.16. The van der Waals surface area contributed by atoms with Gasteiger partial charge < -0.3 is 21.5 Å². The number of aromatic nitrogens is 1. The minimum Gasteiger partial charge on any atom is -0.395 e. The molecule has 0 unspecified atom stereocenters. The van der Waals surface area contributed by atoms with Crippen LogP contribution in [0.1, 0.15) is 43.9 Å². The third kappa shape index (κ3) is 5.07. The number of hydrogen-bond acceptors (Lipinski definition) is 8. The van der Waals surface area contributed by atoms with Crippen LogP contribution in [0.25, 0.3) is 0 Å². The second-order valence-electron chi connectivity index (χ2n) is 7.59. The van der Waals surface area contributed by atoms with Crippen molar-refractivity contribution in [1.29, 1.82) is 0 Å². The molecule has 4 rings (SSSR count). The molecule has 0 spiro atoms. The summed E-state index contributed by atoms with van der Waals surface area (Å²) in [5.41, 5.74) is 11.5. The molecule has 3 heterocycles. The SMILES string of the molecule is NC(=O)c1nsc(C(=O)N(c2ccc(Cl)cc2)[C@@H](C(=O)NC[C@@H]2CCCO2)c2cccs2)c1N. The summed E-state index contributed by atoms with van der Waals surface area (Å²) in [5.74, 6) is -1.80. The van der Waals surface area contributed by atoms with E-state index in [2.05, 4.69) is 9.69 Å². The number of nitrogens with one attached hydrogen (secondary N) is 1. The average Bonchev–Trinajstić information content (AvgIpc) is 3.58. The zero-order valence-corrected chi connectivity index (χ0v) is 20.3. The maximum Gasteiger partial charge on any atom is 0.273 e. The number of nitrogen functional groups attached to an aromatic ring is 1. The maximum absolute atomic E-state index is 13.8. The van der Waals surface area contributed by atoms with E-state index in [4.69, 9.17) is 27.8 Å². The predicted octanol–water partition coefficient (Wildman–Crippen LogP) is 3.22. The van der Waals surface area contributed by atoms with Crippen LogP contribution in [0.2, 0.25) is 5.02 Å². The number of rotatable bonds is 8. The molecule has 1 saturated heterocycles. The summed E-state index contributed by atoms with van der Waals surface area (Å²) in [7, 11) is 0. The first-order valence-corrected chi connectivity index (χ1v) is 12.5. The van der Waals surface area contributed by atoms with Crippen LogP contribution in [-0.4, -0.2) is 41.4 Å². The maximum atomic E-state index is 13.8. The highest BCUT2D eigenvalue weighted by atomic mass is 35.5. The van der Waals surface area contributed by atoms with E-state index in [0.717, 1.165) is 24.4 Å². The average molecular weight is 520 g/mol. The van der Waals surface area contributed by atoms with E-state index in [-0.39, 0.29) is 28.3 Å². The minimum absolute atomic E-state index is 0.0113. The van der Waals surface area contributed by atoms with Crippen molar-refractivity contribution in [3.63, 3.8) is 0 Å². The van der Waals surface area contributed by atoms with Gasteiger partial charge in [0.05, 0.1) is 11.8 Å². The van der Waals surface area contributed by atoms with Gasteiger partial charge in [-0.05, 0) is 60.1 Å². The Hall–Kier alpha value is -2.99. The summed E-state index contributed by atoms with van der Waals surface area (Å²) in [6, 6.07) is 9.10. The lowest BCUT2D eigenvalue weighted by Gasteiger charge is -2.30. The van der Waals surface area contributed by atoms with Crippen LogP contribution in [0.15, 0.2) is 41.8 Å². The van der Waals surface area contributed by atoms with Crippen LogP contribution in [0, 0.1) is 0 Å². The molecule has 0 saturated carbocycles. The van der Waals surface area contributed by atoms with Crippen molar-refractivity contribution in [1.82, 2.24) is 9.69 Å². The van der Waals surface area contributed by atoms with E-state index in [1.807, 2.05) is 5.38 Å². The van der Waals surface area contributed by atoms with Gasteiger partial charge in [0.15, 0.2) is 11.7 Å². The first kappa shape index (κ1) is 24.1. The van der Waals surface area contributed by atoms with E-state index in [1.54, 1.807) is 36.4 Å². The van der Waals surface area contributed by atoms with E-state index >= 15 is 0 Å². The molecular formula is C22H22ClN5O4S2. The van der Waals surface area contributed by atoms with E-state index in [9.17, 15) is 14.4 Å². The van der Waals surface area contributed by atoms with Crippen LogP contribution in [0.5, 0.6) is 0 Å². The van der Waals surface area contributed by atoms with Gasteiger partial charge in [0.1, 0.15) is 4.88 Å². The number of amides is 3. The molecule has 3 amide bonds. The summed E-state index contributed by atoms with van der Waals surface area (Å²) in [4.78, 5) is 41.0. The van der Waals surface area contributed by atoms with E-state index in [1.165, 1.54) is 16.2 Å². The van der Waals surface area contributed by atoms with Gasteiger partial charge in [-0.1, -0.05) is 17.7 Å². The molecule has 1 aliphatic rings. The first-order valence-electron chi connectivity index (χ1n) is 10.4. The molecule has 0 radical (unpaired) electrons. The Balaban J connectivity index is 1.75. The van der Waals surface area contributed by atoms with Crippen molar-refractivity contribution in [3.8, 4) is 0 Å². The Labute approximate surface area is 208 Å². The highest BCUT2D eigenvalue weighted by Gasteiger charge is 2.36. The molecular weight excluding hydrogens is 498 g/mol. The number of primary amides is 1. The lowest BCUT2D eigenvalue weighted by molar-refractivity contribution is -0.122. The Morgan fingerprint density at radius 1 is 1.26 bits per heavy atom. The van der Waals surface area contributed by atoms with Crippen molar-refractivity contribution < 1.29 is 19.1 Å². The fourth-order valence-electron chi connectivity index (χ4n) is 3.66. The molecule has 34 heavy (non-hydrogen) atoms. The van der Waals surface area contributed by atoms with Gasteiger partial charge in [-0.25, -0.2) is 0 Å². The van der Waals surface area contributed by atoms with Crippen molar-refractivity contribution >= 4 is 63.6 Å². The Kier molecular flexibility index (Phi) is 7.47. The van der Waals surface area contributed by atoms with E-state index < -0.39 is 17.9 Å². The highest BCUT2D eigenvalue weighted by molar-refractivity contribution is 7.10. The van der Waals surface area contributed by atoms with Gasteiger partial charge in [0.2, 0.25) is 5.91 Å². The molecule has 5 N–H and O–H groups in total. The number of anilines is 2. The smallest absolute Gasteiger partial charge is 0.273 e. The van der Waals surface area contributed by atoms with E-state index in [0.29, 0.717) is 28.7 Å². The van der Waals surface area contributed by atoms with Gasteiger partial charge in [0, 0.05) is 28.7 Å². The molecule has 2 aromatic heterocycles. The standard InChI is InChI=1S/C22H22ClN5O4S2/c23-12-5-7-13(8-6-12)28(22(31)19-16(24)17(20(25)29)27-34-19)18(15-4-2-10-33-15)21(30)26-11-14-3-1-9-32-14/h2,4-8,10,14,18H,1,3,9,11,24H2,(H2,25,29)(H,26,30)/t14-,18+/m0/s1. The molecule has 178 valence electrons. The number of nitrogens with two attached hydrogens (primary N) is 2. The topological polar surface area (TPSA) is 141 Å². The van der Waals surface area contributed by atoms with Crippen molar-refractivity contribution in [2.24, 2.45) is 5.73 Å². The Morgan fingerprint density at radius 3 is 2.62 bits per heavy atom. The number of thiophene rings is 1. The minimum atomic E-state index is -1.01. The highest BCUT2D eigenvalue weighted by Crippen LogP contribution is 2.35. The van der Waals surface area contributed by atoms with Crippen molar-refractivity contribution in [3.05, 3.63) is 62.2 Å². The predicted molar refractivity (Wildman–Crippen MR) is 132 cm³/mol. The molecule has 12 heteroatoms. The number of carbonyl (C=O) groups excluding carboxylic acids is 3. The van der Waals surface area contributed by atoms with Crippen LogP contribution in [0.4, 0.5) is 11.4 Å². The molecule has 9 nitrogen and oxygen atoms in total. The first-order chi connectivity index (χ1) is 16.4. The van der Waals surface area contributed by atoms with Crippen molar-refractivity contribution in [2.75, 3.05) is 23.8 Å². The monoisotopic (exact) mass is 519 g/mol. The van der Waals surface area contributed by atoms with Crippen LogP contribution in [0.3, 0.4) is 0 Å². The fraction of sp³-hybridized carbons (Fsp3) is 0.273. The third-order valence-corrected chi connectivity index (χ3v) is 7.35. The number of carbonyl (C=O) groups is 3. The number of hydrogen-bond donors (Lipinski definition) is 3. The third-order valence-electron chi connectivity index (χ3n) is 5.33. The molecule has 3 aromatic rings. The second-order valence-corrected chi connectivity index (χ2v) is 9.78. The molecule has 1 fully saturated rings. The summed E-state index contributed by atoms with van der Waals surface area (Å²) < 4.78 is 9.56. The number of nitrogens with zero attached hydrogens (tertiary/aromatic N) is 2. The number of ether oxygens (including phenoxy) is 1. The second kappa shape index (κ2) is 10.5. The van der Waals surface area contributed by atoms with Gasteiger partial charge in [-0.3, -0.25) is 19.3 Å². The molecule has 2 atom stereocenters. The Morgan fingerprint density at radius 2 is 2.03 bits per heavy atom. The quantitative estimate of drug-likeness (QED) is 0.417. The molecule has 1 aliphatic heterocycles. The fourth-order valence-corrected chi connectivity index (χ4v) is 5.34. The lowest BCUT2D eigenvalue weighted by atomic mass is 10.1. The van der Waals surface area contributed by atoms with Crippen LogP contribution < -0.4 is 21.7 Å². The van der Waals surface area contributed by atoms with Gasteiger partial charge >= 0.3 is 0 Å². The lowest BCUT2D eigenvalue weighted by Crippen LogP contribution is -2.45. The molecule has 1 aromatic carbocycles. The molecule has 0 bridgehead atoms. The number of halogens is 1. The largest absolute Gasteiger partial charge is 0.395 e. The zero-order chi connectivity index (χ0) is 24.2. The summed E-state index contributed by atoms with van der Waals surface area (Å²) in [6.45, 7) is 0.995. The van der Waals surface area contributed by atoms with Crippen LogP contribution in [-0.2, 0) is 9.53 Å². The molecule has 0 aliphatic carbocycles.